The van der Waals surface area contributed by atoms with Crippen molar-refractivity contribution in [1.82, 2.24) is 4.98 Å². The second-order valence-corrected chi connectivity index (χ2v) is 3.92. The van der Waals surface area contributed by atoms with Crippen molar-refractivity contribution in [3.63, 3.8) is 0 Å². The lowest BCUT2D eigenvalue weighted by Crippen LogP contribution is -2.14. The van der Waals surface area contributed by atoms with Gasteiger partial charge in [-0.15, -0.1) is 0 Å². The van der Waals surface area contributed by atoms with Gasteiger partial charge in [-0.3, -0.25) is 0 Å². The standard InChI is InChI=1S/C11H18N2O/c1-8(2)9(3)7-14-10-5-4-6-13-11(10)12/h4-6,8-9H,7H2,1-3H3,(H2,12,13). The van der Waals surface area contributed by atoms with Gasteiger partial charge in [0.25, 0.3) is 0 Å². The molecule has 0 radical (unpaired) electrons. The van der Waals surface area contributed by atoms with Gasteiger partial charge in [0.2, 0.25) is 0 Å². The fourth-order valence-corrected chi connectivity index (χ4v) is 0.938. The summed E-state index contributed by atoms with van der Waals surface area (Å²) in [6.45, 7) is 7.21. The first-order valence-electron chi connectivity index (χ1n) is 4.94. The number of aromatic nitrogens is 1. The third-order valence-corrected chi connectivity index (χ3v) is 2.44. The van der Waals surface area contributed by atoms with Gasteiger partial charge in [-0.05, 0) is 24.0 Å². The Hall–Kier alpha value is -1.25. The number of anilines is 1. The zero-order chi connectivity index (χ0) is 10.6. The van der Waals surface area contributed by atoms with Gasteiger partial charge in [0.15, 0.2) is 11.6 Å². The van der Waals surface area contributed by atoms with Crippen molar-refractivity contribution in [1.29, 1.82) is 0 Å². The smallest absolute Gasteiger partial charge is 0.166 e. The molecule has 0 fully saturated rings. The summed E-state index contributed by atoms with van der Waals surface area (Å²) in [5, 5.41) is 0. The zero-order valence-corrected chi connectivity index (χ0v) is 9.03. The largest absolute Gasteiger partial charge is 0.489 e. The Balaban J connectivity index is 2.50. The van der Waals surface area contributed by atoms with E-state index >= 15 is 0 Å². The lowest BCUT2D eigenvalue weighted by Gasteiger charge is -2.16. The summed E-state index contributed by atoms with van der Waals surface area (Å²) in [6, 6.07) is 3.67. The monoisotopic (exact) mass is 194 g/mol. The van der Waals surface area contributed by atoms with E-state index in [0.717, 1.165) is 0 Å². The highest BCUT2D eigenvalue weighted by Gasteiger charge is 2.08. The van der Waals surface area contributed by atoms with E-state index in [1.54, 1.807) is 6.20 Å². The van der Waals surface area contributed by atoms with Gasteiger partial charge in [-0.25, -0.2) is 4.98 Å². The summed E-state index contributed by atoms with van der Waals surface area (Å²) in [5.74, 6) is 2.28. The van der Waals surface area contributed by atoms with E-state index in [0.29, 0.717) is 30.0 Å². The minimum atomic E-state index is 0.462. The number of hydrogen-bond acceptors (Lipinski definition) is 3. The topological polar surface area (TPSA) is 48.1 Å². The maximum atomic E-state index is 5.65. The molecule has 0 aliphatic heterocycles. The number of ether oxygens (including phenoxy) is 1. The van der Waals surface area contributed by atoms with Crippen LogP contribution in [0.1, 0.15) is 20.8 Å². The Morgan fingerprint density at radius 3 is 2.71 bits per heavy atom. The number of hydrogen-bond donors (Lipinski definition) is 1. The maximum absolute atomic E-state index is 5.65. The molecule has 1 rings (SSSR count). The van der Waals surface area contributed by atoms with Crippen LogP contribution in [-0.2, 0) is 0 Å². The Bertz CT molecular complexity index is 286. The summed E-state index contributed by atoms with van der Waals surface area (Å²) in [5.41, 5.74) is 5.65. The minimum absolute atomic E-state index is 0.462. The van der Waals surface area contributed by atoms with Crippen molar-refractivity contribution < 1.29 is 4.74 Å². The molecule has 1 aromatic rings. The average Bonchev–Trinajstić information content (AvgIpc) is 2.16. The van der Waals surface area contributed by atoms with Gasteiger partial charge in [-0.1, -0.05) is 20.8 Å². The van der Waals surface area contributed by atoms with Crippen LogP contribution in [0.4, 0.5) is 5.82 Å². The molecule has 0 bridgehead atoms. The van der Waals surface area contributed by atoms with Crippen LogP contribution in [0.3, 0.4) is 0 Å². The van der Waals surface area contributed by atoms with Crippen LogP contribution in [0.25, 0.3) is 0 Å². The van der Waals surface area contributed by atoms with Crippen LogP contribution in [-0.4, -0.2) is 11.6 Å². The molecule has 14 heavy (non-hydrogen) atoms. The zero-order valence-electron chi connectivity index (χ0n) is 9.03. The molecule has 0 aliphatic carbocycles. The van der Waals surface area contributed by atoms with Crippen molar-refractivity contribution >= 4 is 5.82 Å². The first kappa shape index (κ1) is 10.8. The highest BCUT2D eigenvalue weighted by atomic mass is 16.5. The van der Waals surface area contributed by atoms with Crippen LogP contribution < -0.4 is 10.5 Å². The number of nitrogens with two attached hydrogens (primary N) is 1. The van der Waals surface area contributed by atoms with Gasteiger partial charge in [-0.2, -0.15) is 0 Å². The quantitative estimate of drug-likeness (QED) is 0.800. The van der Waals surface area contributed by atoms with E-state index in [2.05, 4.69) is 25.8 Å². The van der Waals surface area contributed by atoms with E-state index in [4.69, 9.17) is 10.5 Å². The molecule has 0 amide bonds. The van der Waals surface area contributed by atoms with Crippen LogP contribution in [0.15, 0.2) is 18.3 Å². The van der Waals surface area contributed by atoms with E-state index < -0.39 is 0 Å². The summed E-state index contributed by atoms with van der Waals surface area (Å²) >= 11 is 0. The van der Waals surface area contributed by atoms with Gasteiger partial charge in [0.05, 0.1) is 6.61 Å². The number of nitrogens with zero attached hydrogens (tertiary/aromatic N) is 1. The molecule has 1 atom stereocenters. The first-order chi connectivity index (χ1) is 6.61. The number of rotatable bonds is 4. The maximum Gasteiger partial charge on any atom is 0.166 e. The third kappa shape index (κ3) is 2.91. The third-order valence-electron chi connectivity index (χ3n) is 2.44. The van der Waals surface area contributed by atoms with Gasteiger partial charge in [0, 0.05) is 6.20 Å². The first-order valence-corrected chi connectivity index (χ1v) is 4.94. The fourth-order valence-electron chi connectivity index (χ4n) is 0.938. The van der Waals surface area contributed by atoms with Crippen LogP contribution in [0.5, 0.6) is 5.75 Å². The molecular weight excluding hydrogens is 176 g/mol. The SMILES string of the molecule is CC(C)C(C)COc1cccnc1N. The predicted octanol–water partition coefficient (Wildman–Crippen LogP) is 2.33. The molecule has 1 aromatic heterocycles. The van der Waals surface area contributed by atoms with E-state index in [9.17, 15) is 0 Å². The summed E-state index contributed by atoms with van der Waals surface area (Å²) in [6.07, 6.45) is 1.66. The van der Waals surface area contributed by atoms with Crippen molar-refractivity contribution in [3.8, 4) is 5.75 Å². The molecule has 0 saturated heterocycles. The lowest BCUT2D eigenvalue weighted by atomic mass is 9.99. The molecule has 2 N–H and O–H groups in total. The predicted molar refractivity (Wildman–Crippen MR) is 58.1 cm³/mol. The summed E-state index contributed by atoms with van der Waals surface area (Å²) < 4.78 is 5.57. The average molecular weight is 194 g/mol. The highest BCUT2D eigenvalue weighted by Crippen LogP contribution is 2.19. The van der Waals surface area contributed by atoms with Gasteiger partial charge < -0.3 is 10.5 Å². The molecule has 0 saturated carbocycles. The Morgan fingerprint density at radius 1 is 1.43 bits per heavy atom. The summed E-state index contributed by atoms with van der Waals surface area (Å²) in [4.78, 5) is 3.95. The van der Waals surface area contributed by atoms with Crippen LogP contribution >= 0.6 is 0 Å². The molecule has 3 heteroatoms. The molecule has 1 heterocycles. The van der Waals surface area contributed by atoms with Crippen molar-refractivity contribution in [2.75, 3.05) is 12.3 Å². The minimum Gasteiger partial charge on any atom is -0.489 e. The second kappa shape index (κ2) is 4.84. The fraction of sp³-hybridized carbons (Fsp3) is 0.545. The van der Waals surface area contributed by atoms with Crippen LogP contribution in [0.2, 0.25) is 0 Å². The van der Waals surface area contributed by atoms with E-state index in [1.807, 2.05) is 12.1 Å². The van der Waals surface area contributed by atoms with Crippen molar-refractivity contribution in [2.45, 2.75) is 20.8 Å². The van der Waals surface area contributed by atoms with Gasteiger partial charge >= 0.3 is 0 Å². The van der Waals surface area contributed by atoms with Gasteiger partial charge in [0.1, 0.15) is 0 Å². The molecule has 78 valence electrons. The molecule has 0 aliphatic rings. The highest BCUT2D eigenvalue weighted by molar-refractivity contribution is 5.44. The summed E-state index contributed by atoms with van der Waals surface area (Å²) in [7, 11) is 0. The second-order valence-electron chi connectivity index (χ2n) is 3.92. The molecule has 3 nitrogen and oxygen atoms in total. The Kier molecular flexibility index (Phi) is 3.74. The van der Waals surface area contributed by atoms with Crippen LogP contribution in [0, 0.1) is 11.8 Å². The molecule has 1 unspecified atom stereocenters. The van der Waals surface area contributed by atoms with Crippen molar-refractivity contribution in [3.05, 3.63) is 18.3 Å². The number of nitrogen functional groups attached to an aromatic ring is 1. The molecule has 0 aromatic carbocycles. The van der Waals surface area contributed by atoms with E-state index in [-0.39, 0.29) is 0 Å². The van der Waals surface area contributed by atoms with E-state index in [1.165, 1.54) is 0 Å². The Labute approximate surface area is 85.3 Å². The lowest BCUT2D eigenvalue weighted by molar-refractivity contribution is 0.224. The Morgan fingerprint density at radius 2 is 2.14 bits per heavy atom. The normalized spacial score (nSPS) is 12.9. The molecular formula is C11H18N2O. The number of pyridine rings is 1. The molecule has 0 spiro atoms. The van der Waals surface area contributed by atoms with Crippen molar-refractivity contribution in [2.24, 2.45) is 11.8 Å².